The molecule has 0 bridgehead atoms. The van der Waals surface area contributed by atoms with Crippen LogP contribution in [0.15, 0.2) is 29.3 Å². The molecule has 1 unspecified atom stereocenters. The van der Waals surface area contributed by atoms with Crippen LogP contribution in [0.4, 0.5) is 5.69 Å². The number of carbonyl (C=O) groups is 1. The number of hydrogen-bond acceptors (Lipinski definition) is 3. The van der Waals surface area contributed by atoms with Crippen LogP contribution >= 0.6 is 11.6 Å². The van der Waals surface area contributed by atoms with Gasteiger partial charge in [0.05, 0.1) is 17.3 Å². The van der Waals surface area contributed by atoms with Crippen LogP contribution in [-0.2, 0) is 4.79 Å². The van der Waals surface area contributed by atoms with Crippen molar-refractivity contribution in [3.05, 3.63) is 29.3 Å². The molecule has 1 atom stereocenters. The largest absolute Gasteiger partial charge is 0.368 e. The summed E-state index contributed by atoms with van der Waals surface area (Å²) in [5, 5.41) is 7.24. The summed E-state index contributed by atoms with van der Waals surface area (Å²) in [5.74, 6) is 0.662. The van der Waals surface area contributed by atoms with E-state index >= 15 is 0 Å². The molecule has 24 heavy (non-hydrogen) atoms. The fraction of sp³-hybridized carbons (Fsp3) is 0.529. The molecule has 1 heterocycles. The molecule has 7 heteroatoms. The second-order valence-electron chi connectivity index (χ2n) is 6.09. The van der Waals surface area contributed by atoms with Gasteiger partial charge in [0, 0.05) is 40.3 Å². The van der Waals surface area contributed by atoms with E-state index in [-0.39, 0.29) is 18.5 Å². The number of amides is 1. The Balaban J connectivity index is 1.92. The summed E-state index contributed by atoms with van der Waals surface area (Å²) in [5.41, 5.74) is 1.07. The molecule has 1 saturated heterocycles. The third-order valence-corrected chi connectivity index (χ3v) is 4.40. The average molecular weight is 352 g/mol. The predicted octanol–water partition coefficient (Wildman–Crippen LogP) is 1.56. The van der Waals surface area contributed by atoms with Gasteiger partial charge in [-0.3, -0.25) is 9.79 Å². The van der Waals surface area contributed by atoms with Gasteiger partial charge < -0.3 is 20.4 Å². The molecule has 6 nitrogen and oxygen atoms in total. The molecule has 0 aromatic heterocycles. The third kappa shape index (κ3) is 5.03. The van der Waals surface area contributed by atoms with Crippen molar-refractivity contribution in [1.82, 2.24) is 15.5 Å². The molecular formula is C17H26ClN5O. The van der Waals surface area contributed by atoms with Crippen LogP contribution in [0.3, 0.4) is 0 Å². The van der Waals surface area contributed by atoms with Crippen LogP contribution in [0.2, 0.25) is 5.02 Å². The van der Waals surface area contributed by atoms with E-state index in [2.05, 4.69) is 20.5 Å². The van der Waals surface area contributed by atoms with Crippen LogP contribution in [-0.4, -0.2) is 63.6 Å². The number of likely N-dealkylation sites (N-methyl/N-ethyl adjacent to an activating group) is 1. The van der Waals surface area contributed by atoms with Crippen LogP contribution in [0.25, 0.3) is 0 Å². The lowest BCUT2D eigenvalue weighted by Crippen LogP contribution is -2.52. The number of guanidine groups is 1. The van der Waals surface area contributed by atoms with Gasteiger partial charge in [-0.1, -0.05) is 23.7 Å². The number of aliphatic imine (C=N–C) groups is 1. The van der Waals surface area contributed by atoms with Gasteiger partial charge in [0.2, 0.25) is 5.91 Å². The van der Waals surface area contributed by atoms with Gasteiger partial charge >= 0.3 is 0 Å². The van der Waals surface area contributed by atoms with Gasteiger partial charge in [-0.15, -0.1) is 0 Å². The van der Waals surface area contributed by atoms with Crippen LogP contribution in [0.5, 0.6) is 0 Å². The Morgan fingerprint density at radius 3 is 2.83 bits per heavy atom. The number of nitrogens with one attached hydrogen (secondary N) is 2. The summed E-state index contributed by atoms with van der Waals surface area (Å²) in [6.45, 7) is 2.08. The van der Waals surface area contributed by atoms with E-state index in [4.69, 9.17) is 11.6 Å². The van der Waals surface area contributed by atoms with Crippen molar-refractivity contribution in [2.75, 3.05) is 45.7 Å². The van der Waals surface area contributed by atoms with E-state index in [1.54, 1.807) is 26.0 Å². The zero-order valence-electron chi connectivity index (χ0n) is 14.6. The first kappa shape index (κ1) is 18.4. The maximum atomic E-state index is 11.7. The molecule has 1 aromatic rings. The number of para-hydroxylation sites is 1. The van der Waals surface area contributed by atoms with Crippen LogP contribution in [0.1, 0.15) is 12.8 Å². The maximum Gasteiger partial charge on any atom is 0.241 e. The number of carbonyl (C=O) groups excluding carboxylic acids is 1. The molecule has 1 aliphatic heterocycles. The normalized spacial score (nSPS) is 18.2. The van der Waals surface area contributed by atoms with Crippen molar-refractivity contribution in [3.63, 3.8) is 0 Å². The smallest absolute Gasteiger partial charge is 0.241 e. The lowest BCUT2D eigenvalue weighted by atomic mass is 10.0. The topological polar surface area (TPSA) is 60.0 Å². The number of anilines is 1. The van der Waals surface area contributed by atoms with E-state index in [1.165, 1.54) is 0 Å². The standard InChI is InChI=1S/C17H26ClN5O/c1-19-17(20-11-16(24)22(2)3)21-13-7-6-10-23(12-13)15-9-5-4-8-14(15)18/h4-5,8-9,13H,6-7,10-12H2,1-3H3,(H2,19,20,21). The SMILES string of the molecule is CN=C(NCC(=O)N(C)C)NC1CCCN(c2ccccc2Cl)C1. The molecule has 1 aromatic carbocycles. The van der Waals surface area contributed by atoms with Gasteiger partial charge in [0.25, 0.3) is 0 Å². The summed E-state index contributed by atoms with van der Waals surface area (Å²) in [4.78, 5) is 19.7. The highest BCUT2D eigenvalue weighted by atomic mass is 35.5. The van der Waals surface area contributed by atoms with Gasteiger partial charge in [-0.05, 0) is 25.0 Å². The van der Waals surface area contributed by atoms with Gasteiger partial charge in [-0.2, -0.15) is 0 Å². The van der Waals surface area contributed by atoms with Crippen molar-refractivity contribution < 1.29 is 4.79 Å². The minimum absolute atomic E-state index is 0.0132. The lowest BCUT2D eigenvalue weighted by molar-refractivity contribution is -0.127. The summed E-state index contributed by atoms with van der Waals surface area (Å²) in [7, 11) is 5.19. The summed E-state index contributed by atoms with van der Waals surface area (Å²) in [6.07, 6.45) is 2.14. The summed E-state index contributed by atoms with van der Waals surface area (Å²) < 4.78 is 0. The Morgan fingerprint density at radius 1 is 1.42 bits per heavy atom. The van der Waals surface area contributed by atoms with Crippen molar-refractivity contribution in [2.45, 2.75) is 18.9 Å². The fourth-order valence-electron chi connectivity index (χ4n) is 2.73. The van der Waals surface area contributed by atoms with Crippen molar-refractivity contribution in [1.29, 1.82) is 0 Å². The Labute approximate surface area is 148 Å². The highest BCUT2D eigenvalue weighted by molar-refractivity contribution is 6.33. The Hall–Kier alpha value is -1.95. The molecule has 0 aliphatic carbocycles. The molecule has 1 amide bonds. The highest BCUT2D eigenvalue weighted by Crippen LogP contribution is 2.27. The molecular weight excluding hydrogens is 326 g/mol. The average Bonchev–Trinajstić information content (AvgIpc) is 2.58. The minimum atomic E-state index is 0.0132. The molecule has 0 radical (unpaired) electrons. The summed E-state index contributed by atoms with van der Waals surface area (Å²) >= 11 is 6.31. The summed E-state index contributed by atoms with van der Waals surface area (Å²) in [6, 6.07) is 8.18. The van der Waals surface area contributed by atoms with Gasteiger partial charge in [0.1, 0.15) is 0 Å². The number of halogens is 1. The van der Waals surface area contributed by atoms with Crippen molar-refractivity contribution in [2.24, 2.45) is 4.99 Å². The first-order chi connectivity index (χ1) is 11.5. The number of piperidine rings is 1. The third-order valence-electron chi connectivity index (χ3n) is 4.08. The van der Waals surface area contributed by atoms with E-state index in [0.29, 0.717) is 5.96 Å². The number of benzene rings is 1. The molecule has 2 rings (SSSR count). The monoisotopic (exact) mass is 351 g/mol. The Bertz CT molecular complexity index is 590. The van der Waals surface area contributed by atoms with E-state index in [1.807, 2.05) is 24.3 Å². The highest BCUT2D eigenvalue weighted by Gasteiger charge is 2.22. The molecule has 1 aliphatic rings. The van der Waals surface area contributed by atoms with E-state index < -0.39 is 0 Å². The van der Waals surface area contributed by atoms with Gasteiger partial charge in [0.15, 0.2) is 5.96 Å². The van der Waals surface area contributed by atoms with Crippen LogP contribution in [0, 0.1) is 0 Å². The number of rotatable bonds is 4. The van der Waals surface area contributed by atoms with Crippen LogP contribution < -0.4 is 15.5 Å². The lowest BCUT2D eigenvalue weighted by Gasteiger charge is -2.35. The molecule has 1 fully saturated rings. The molecule has 132 valence electrons. The zero-order chi connectivity index (χ0) is 17.5. The Kier molecular flexibility index (Phi) is 6.73. The number of hydrogen-bond donors (Lipinski definition) is 2. The second kappa shape index (κ2) is 8.78. The maximum absolute atomic E-state index is 11.7. The molecule has 2 N–H and O–H groups in total. The quantitative estimate of drug-likeness (QED) is 0.638. The zero-order valence-corrected chi connectivity index (χ0v) is 15.3. The van der Waals surface area contributed by atoms with Crippen molar-refractivity contribution in [3.8, 4) is 0 Å². The van der Waals surface area contributed by atoms with E-state index in [0.717, 1.165) is 36.6 Å². The number of nitrogens with zero attached hydrogens (tertiary/aromatic N) is 3. The van der Waals surface area contributed by atoms with E-state index in [9.17, 15) is 4.79 Å². The molecule has 0 spiro atoms. The fourth-order valence-corrected chi connectivity index (χ4v) is 2.98. The second-order valence-corrected chi connectivity index (χ2v) is 6.50. The molecule has 0 saturated carbocycles. The predicted molar refractivity (Wildman–Crippen MR) is 99.9 cm³/mol. The van der Waals surface area contributed by atoms with Gasteiger partial charge in [-0.25, -0.2) is 0 Å². The minimum Gasteiger partial charge on any atom is -0.368 e. The Morgan fingerprint density at radius 2 is 2.17 bits per heavy atom. The van der Waals surface area contributed by atoms with Crippen molar-refractivity contribution >= 4 is 29.2 Å². The first-order valence-electron chi connectivity index (χ1n) is 8.18. The first-order valence-corrected chi connectivity index (χ1v) is 8.56.